The molecule has 2 heterocycles. The summed E-state index contributed by atoms with van der Waals surface area (Å²) in [6.45, 7) is 10.8. The Balaban J connectivity index is 2.17. The van der Waals surface area contributed by atoms with Gasteiger partial charge < -0.3 is 0 Å². The highest BCUT2D eigenvalue weighted by atomic mass is 14.7. The van der Waals surface area contributed by atoms with Crippen molar-refractivity contribution in [3.05, 3.63) is 58.7 Å². The Labute approximate surface area is 122 Å². The van der Waals surface area contributed by atoms with Crippen LogP contribution in [0.2, 0.25) is 0 Å². The summed E-state index contributed by atoms with van der Waals surface area (Å²) in [6, 6.07) is 8.67. The molecule has 0 saturated heterocycles. The Hall–Kier alpha value is -1.70. The molecule has 0 aliphatic heterocycles. The molecule has 106 valence electrons. The van der Waals surface area contributed by atoms with Crippen LogP contribution in [-0.4, -0.2) is 9.97 Å². The van der Waals surface area contributed by atoms with Crippen LogP contribution in [0.1, 0.15) is 60.8 Å². The summed E-state index contributed by atoms with van der Waals surface area (Å²) < 4.78 is 0. The molecular formula is C18H24N2. The molecule has 2 rings (SSSR count). The highest BCUT2D eigenvalue weighted by molar-refractivity contribution is 5.27. The van der Waals surface area contributed by atoms with Crippen LogP contribution in [0.15, 0.2) is 30.5 Å². The maximum atomic E-state index is 4.80. The molecule has 0 fully saturated rings. The number of hydrogen-bond acceptors (Lipinski definition) is 2. The van der Waals surface area contributed by atoms with Gasteiger partial charge >= 0.3 is 0 Å². The van der Waals surface area contributed by atoms with Gasteiger partial charge in [0.15, 0.2) is 0 Å². The van der Waals surface area contributed by atoms with Crippen LogP contribution >= 0.6 is 0 Å². The molecule has 0 bridgehead atoms. The molecule has 0 N–H and O–H groups in total. The van der Waals surface area contributed by atoms with Crippen molar-refractivity contribution in [1.82, 2.24) is 9.97 Å². The van der Waals surface area contributed by atoms with Gasteiger partial charge in [0.2, 0.25) is 0 Å². The molecular weight excluding hydrogens is 244 g/mol. The van der Waals surface area contributed by atoms with Crippen molar-refractivity contribution in [3.8, 4) is 0 Å². The van der Waals surface area contributed by atoms with Crippen LogP contribution < -0.4 is 0 Å². The van der Waals surface area contributed by atoms with Crippen LogP contribution in [0.3, 0.4) is 0 Å². The van der Waals surface area contributed by atoms with Crippen molar-refractivity contribution >= 4 is 0 Å². The van der Waals surface area contributed by atoms with Gasteiger partial charge in [-0.2, -0.15) is 0 Å². The van der Waals surface area contributed by atoms with Crippen LogP contribution in [-0.2, 0) is 6.42 Å². The lowest BCUT2D eigenvalue weighted by Gasteiger charge is -2.15. The van der Waals surface area contributed by atoms with Crippen molar-refractivity contribution in [2.24, 2.45) is 0 Å². The normalized spacial score (nSPS) is 12.7. The van der Waals surface area contributed by atoms with Gasteiger partial charge in [0.05, 0.1) is 0 Å². The summed E-state index contributed by atoms with van der Waals surface area (Å²) in [4.78, 5) is 9.05. The second kappa shape index (κ2) is 6.17. The molecule has 2 heteroatoms. The van der Waals surface area contributed by atoms with E-state index in [-0.39, 0.29) is 0 Å². The monoisotopic (exact) mass is 268 g/mol. The van der Waals surface area contributed by atoms with Gasteiger partial charge in [-0.3, -0.25) is 9.97 Å². The molecule has 2 aromatic rings. The van der Waals surface area contributed by atoms with Gasteiger partial charge in [-0.1, -0.05) is 26.8 Å². The number of hydrogen-bond donors (Lipinski definition) is 0. The SMILES string of the molecule is Cc1cc(CC(C)c2ccc(C(C)C)c(C)n2)ccn1. The molecule has 2 nitrogen and oxygen atoms in total. The van der Waals surface area contributed by atoms with Gasteiger partial charge in [-0.05, 0) is 55.5 Å². The fourth-order valence-corrected chi connectivity index (χ4v) is 2.67. The number of nitrogens with zero attached hydrogens (tertiary/aromatic N) is 2. The van der Waals surface area contributed by atoms with Crippen LogP contribution in [0, 0.1) is 13.8 Å². The molecule has 0 aliphatic carbocycles. The average Bonchev–Trinajstić information content (AvgIpc) is 2.38. The summed E-state index contributed by atoms with van der Waals surface area (Å²) >= 11 is 0. The van der Waals surface area contributed by atoms with Crippen molar-refractivity contribution in [1.29, 1.82) is 0 Å². The van der Waals surface area contributed by atoms with E-state index >= 15 is 0 Å². The minimum absolute atomic E-state index is 0.428. The Morgan fingerprint density at radius 1 is 1.05 bits per heavy atom. The van der Waals surface area contributed by atoms with Crippen molar-refractivity contribution in [3.63, 3.8) is 0 Å². The van der Waals surface area contributed by atoms with Crippen LogP contribution in [0.25, 0.3) is 0 Å². The summed E-state index contributed by atoms with van der Waals surface area (Å²) in [7, 11) is 0. The van der Waals surface area contributed by atoms with Crippen LogP contribution in [0.5, 0.6) is 0 Å². The predicted octanol–water partition coefficient (Wildman–Crippen LogP) is 4.56. The van der Waals surface area contributed by atoms with Crippen molar-refractivity contribution in [2.45, 2.75) is 52.9 Å². The molecule has 0 amide bonds. The summed E-state index contributed by atoms with van der Waals surface area (Å²) in [5.74, 6) is 0.964. The highest BCUT2D eigenvalue weighted by Gasteiger charge is 2.11. The molecule has 0 radical (unpaired) electrons. The van der Waals surface area contributed by atoms with E-state index in [1.54, 1.807) is 0 Å². The van der Waals surface area contributed by atoms with Crippen molar-refractivity contribution < 1.29 is 0 Å². The average molecular weight is 268 g/mol. The molecule has 0 spiro atoms. The second-order valence-corrected chi connectivity index (χ2v) is 5.98. The lowest BCUT2D eigenvalue weighted by molar-refractivity contribution is 0.718. The topological polar surface area (TPSA) is 25.8 Å². The second-order valence-electron chi connectivity index (χ2n) is 5.98. The molecule has 2 aromatic heterocycles. The maximum absolute atomic E-state index is 4.80. The third-order valence-electron chi connectivity index (χ3n) is 3.78. The zero-order valence-electron chi connectivity index (χ0n) is 13.1. The zero-order chi connectivity index (χ0) is 14.7. The summed E-state index contributed by atoms with van der Waals surface area (Å²) in [5.41, 5.74) is 6.10. The molecule has 20 heavy (non-hydrogen) atoms. The van der Waals surface area contributed by atoms with E-state index in [2.05, 4.69) is 56.9 Å². The predicted molar refractivity (Wildman–Crippen MR) is 84.2 cm³/mol. The Morgan fingerprint density at radius 2 is 1.80 bits per heavy atom. The van der Waals surface area contributed by atoms with Gasteiger partial charge in [0.1, 0.15) is 0 Å². The lowest BCUT2D eigenvalue weighted by atomic mass is 9.95. The van der Waals surface area contributed by atoms with Crippen LogP contribution in [0.4, 0.5) is 0 Å². The quantitative estimate of drug-likeness (QED) is 0.812. The van der Waals surface area contributed by atoms with E-state index in [1.807, 2.05) is 13.1 Å². The maximum Gasteiger partial charge on any atom is 0.0438 e. The Bertz CT molecular complexity index is 588. The van der Waals surface area contributed by atoms with Gasteiger partial charge in [0.25, 0.3) is 0 Å². The number of aryl methyl sites for hydroxylation is 2. The molecule has 1 atom stereocenters. The van der Waals surface area contributed by atoms with E-state index in [0.29, 0.717) is 11.8 Å². The molecule has 0 aromatic carbocycles. The Kier molecular flexibility index (Phi) is 4.53. The Morgan fingerprint density at radius 3 is 2.40 bits per heavy atom. The fourth-order valence-electron chi connectivity index (χ4n) is 2.67. The van der Waals surface area contributed by atoms with E-state index in [4.69, 9.17) is 4.98 Å². The fraction of sp³-hybridized carbons (Fsp3) is 0.444. The number of aromatic nitrogens is 2. The third kappa shape index (κ3) is 3.44. The number of rotatable bonds is 4. The number of pyridine rings is 2. The highest BCUT2D eigenvalue weighted by Crippen LogP contribution is 2.23. The van der Waals surface area contributed by atoms with E-state index in [1.165, 1.54) is 16.8 Å². The van der Waals surface area contributed by atoms with E-state index < -0.39 is 0 Å². The van der Waals surface area contributed by atoms with Gasteiger partial charge in [0, 0.05) is 29.2 Å². The standard InChI is InChI=1S/C18H24N2/c1-12(2)17-6-7-18(20-15(17)5)13(3)10-16-8-9-19-14(4)11-16/h6-9,11-13H,10H2,1-5H3. The first-order valence-corrected chi connectivity index (χ1v) is 7.36. The van der Waals surface area contributed by atoms with Gasteiger partial charge in [-0.15, -0.1) is 0 Å². The zero-order valence-corrected chi connectivity index (χ0v) is 13.1. The first-order valence-electron chi connectivity index (χ1n) is 7.36. The minimum Gasteiger partial charge on any atom is -0.262 e. The molecule has 1 unspecified atom stereocenters. The summed E-state index contributed by atoms with van der Waals surface area (Å²) in [5, 5.41) is 0. The van der Waals surface area contributed by atoms with E-state index in [0.717, 1.165) is 17.8 Å². The first-order chi connectivity index (χ1) is 9.47. The lowest BCUT2D eigenvalue weighted by Crippen LogP contribution is -2.05. The minimum atomic E-state index is 0.428. The largest absolute Gasteiger partial charge is 0.262 e. The summed E-state index contributed by atoms with van der Waals surface area (Å²) in [6.07, 6.45) is 2.90. The molecule has 0 aliphatic rings. The van der Waals surface area contributed by atoms with Crippen molar-refractivity contribution in [2.75, 3.05) is 0 Å². The first kappa shape index (κ1) is 14.7. The van der Waals surface area contributed by atoms with Gasteiger partial charge in [-0.25, -0.2) is 0 Å². The van der Waals surface area contributed by atoms with E-state index in [9.17, 15) is 0 Å². The smallest absolute Gasteiger partial charge is 0.0438 e. The molecule has 0 saturated carbocycles. The third-order valence-corrected chi connectivity index (χ3v) is 3.78.